The maximum atomic E-state index is 12.5. The Morgan fingerprint density at radius 3 is 2.71 bits per heavy atom. The van der Waals surface area contributed by atoms with Crippen LogP contribution in [-0.4, -0.2) is 24.1 Å². The van der Waals surface area contributed by atoms with E-state index < -0.39 is 5.41 Å². The van der Waals surface area contributed by atoms with Crippen LogP contribution in [0.4, 0.5) is 5.69 Å². The van der Waals surface area contributed by atoms with E-state index in [0.29, 0.717) is 30.2 Å². The molecular weight excluding hydrogens is 338 g/mol. The number of amidine groups is 1. The molecule has 1 aliphatic carbocycles. The van der Waals surface area contributed by atoms with Gasteiger partial charge in [0.15, 0.2) is 5.84 Å². The molecule has 1 fully saturated rings. The van der Waals surface area contributed by atoms with Gasteiger partial charge in [-0.25, -0.2) is 0 Å². The first-order valence-corrected chi connectivity index (χ1v) is 7.34. The molecule has 1 aliphatic rings. The molecule has 0 atom stereocenters. The van der Waals surface area contributed by atoms with E-state index in [2.05, 4.69) is 26.4 Å². The van der Waals surface area contributed by atoms with Crippen LogP contribution in [0, 0.1) is 11.3 Å². The molecule has 6 nitrogen and oxygen atoms in total. The first-order valence-electron chi connectivity index (χ1n) is 6.55. The highest BCUT2D eigenvalue weighted by molar-refractivity contribution is 9.10. The molecule has 2 rings (SSSR count). The number of amides is 1. The second kappa shape index (κ2) is 5.93. The van der Waals surface area contributed by atoms with Crippen molar-refractivity contribution < 1.29 is 14.7 Å². The van der Waals surface area contributed by atoms with E-state index in [-0.39, 0.29) is 11.7 Å². The number of rotatable bonds is 4. The molecule has 0 spiro atoms. The number of ether oxygens (including phenoxy) is 1. The average molecular weight is 356 g/mol. The molecule has 0 heterocycles. The molecule has 0 unspecified atom stereocenters. The fraction of sp³-hybridized carbons (Fsp3) is 0.429. The van der Waals surface area contributed by atoms with Gasteiger partial charge in [-0.2, -0.15) is 0 Å². The Morgan fingerprint density at radius 2 is 2.19 bits per heavy atom. The van der Waals surface area contributed by atoms with Crippen molar-refractivity contribution in [2.75, 3.05) is 12.4 Å². The molecular formula is C14H18BrN3O3. The fourth-order valence-corrected chi connectivity index (χ4v) is 3.21. The highest BCUT2D eigenvalue weighted by Gasteiger charge is 2.52. The number of carbonyl (C=O) groups is 1. The number of methoxy groups -OCH3 is 1. The van der Waals surface area contributed by atoms with Gasteiger partial charge in [-0.1, -0.05) is 28.0 Å². The van der Waals surface area contributed by atoms with Crippen LogP contribution in [-0.2, 0) is 4.79 Å². The fourth-order valence-electron chi connectivity index (χ4n) is 2.74. The summed E-state index contributed by atoms with van der Waals surface area (Å²) in [6, 6.07) is 5.27. The van der Waals surface area contributed by atoms with E-state index in [1.54, 1.807) is 25.3 Å². The van der Waals surface area contributed by atoms with Crippen molar-refractivity contribution in [3.63, 3.8) is 0 Å². The molecule has 1 aromatic rings. The number of halogens is 1. The molecule has 0 aromatic heterocycles. The van der Waals surface area contributed by atoms with Crippen LogP contribution in [0.15, 0.2) is 27.8 Å². The Kier molecular flexibility index (Phi) is 4.41. The minimum Gasteiger partial charge on any atom is -0.497 e. The molecule has 0 aliphatic heterocycles. The standard InChI is InChI=1S/C14H18BrN3O3/c1-8-6-14(7-8,12(16)18-20)13(19)17-10-3-9(15)4-11(5-10)21-2/h3-5,8,20H,6-7H2,1-2H3,(H2,16,18)(H,17,19). The number of hydrogen-bond donors (Lipinski definition) is 3. The van der Waals surface area contributed by atoms with E-state index >= 15 is 0 Å². The predicted octanol–water partition coefficient (Wildman–Crippen LogP) is 2.56. The van der Waals surface area contributed by atoms with E-state index in [1.807, 2.05) is 6.92 Å². The number of carbonyl (C=O) groups excluding carboxylic acids is 1. The molecule has 7 heteroatoms. The number of hydrogen-bond acceptors (Lipinski definition) is 4. The lowest BCUT2D eigenvalue weighted by atomic mass is 9.61. The largest absolute Gasteiger partial charge is 0.497 e. The van der Waals surface area contributed by atoms with Gasteiger partial charge in [-0.05, 0) is 30.9 Å². The van der Waals surface area contributed by atoms with E-state index in [9.17, 15) is 4.79 Å². The second-order valence-corrected chi connectivity index (χ2v) is 6.33. The van der Waals surface area contributed by atoms with Crippen molar-refractivity contribution in [3.05, 3.63) is 22.7 Å². The van der Waals surface area contributed by atoms with Crippen molar-refractivity contribution >= 4 is 33.4 Å². The number of nitrogens with one attached hydrogen (secondary N) is 1. The Balaban J connectivity index is 2.22. The summed E-state index contributed by atoms with van der Waals surface area (Å²) >= 11 is 3.36. The smallest absolute Gasteiger partial charge is 0.238 e. The van der Waals surface area contributed by atoms with Gasteiger partial charge in [0.1, 0.15) is 11.2 Å². The number of oxime groups is 1. The summed E-state index contributed by atoms with van der Waals surface area (Å²) in [6.45, 7) is 2.03. The topological polar surface area (TPSA) is 96.9 Å². The van der Waals surface area contributed by atoms with Gasteiger partial charge < -0.3 is 21.0 Å². The van der Waals surface area contributed by atoms with Crippen molar-refractivity contribution in [1.29, 1.82) is 0 Å². The van der Waals surface area contributed by atoms with Crippen LogP contribution in [0.2, 0.25) is 0 Å². The summed E-state index contributed by atoms with van der Waals surface area (Å²) in [5, 5.41) is 14.8. The van der Waals surface area contributed by atoms with Crippen LogP contribution < -0.4 is 15.8 Å². The lowest BCUT2D eigenvalue weighted by Gasteiger charge is -2.43. The highest BCUT2D eigenvalue weighted by atomic mass is 79.9. The third-order valence-electron chi connectivity index (χ3n) is 3.79. The summed E-state index contributed by atoms with van der Waals surface area (Å²) in [5.41, 5.74) is 5.39. The summed E-state index contributed by atoms with van der Waals surface area (Å²) < 4.78 is 5.95. The van der Waals surface area contributed by atoms with Crippen molar-refractivity contribution in [2.24, 2.45) is 22.2 Å². The maximum Gasteiger partial charge on any atom is 0.238 e. The molecule has 0 saturated heterocycles. The number of anilines is 1. The van der Waals surface area contributed by atoms with Gasteiger partial charge in [-0.3, -0.25) is 4.79 Å². The summed E-state index contributed by atoms with van der Waals surface area (Å²) in [5.74, 6) is 0.684. The lowest BCUT2D eigenvalue weighted by molar-refractivity contribution is -0.127. The van der Waals surface area contributed by atoms with E-state index in [1.165, 1.54) is 0 Å². The minimum atomic E-state index is -0.927. The normalized spacial score (nSPS) is 25.1. The molecule has 114 valence electrons. The van der Waals surface area contributed by atoms with Gasteiger partial charge in [-0.15, -0.1) is 0 Å². The number of nitrogens with zero attached hydrogens (tertiary/aromatic N) is 1. The lowest BCUT2D eigenvalue weighted by Crippen LogP contribution is -2.54. The molecule has 1 amide bonds. The third-order valence-corrected chi connectivity index (χ3v) is 4.25. The van der Waals surface area contributed by atoms with E-state index in [4.69, 9.17) is 15.7 Å². The molecule has 21 heavy (non-hydrogen) atoms. The van der Waals surface area contributed by atoms with Gasteiger partial charge >= 0.3 is 0 Å². The van der Waals surface area contributed by atoms with Crippen LogP contribution in [0.3, 0.4) is 0 Å². The first kappa shape index (κ1) is 15.6. The van der Waals surface area contributed by atoms with Gasteiger partial charge in [0, 0.05) is 16.2 Å². The zero-order chi connectivity index (χ0) is 15.6. The average Bonchev–Trinajstić information content (AvgIpc) is 2.41. The number of benzene rings is 1. The minimum absolute atomic E-state index is 0.0416. The Morgan fingerprint density at radius 1 is 1.52 bits per heavy atom. The van der Waals surface area contributed by atoms with Gasteiger partial charge in [0.25, 0.3) is 0 Å². The molecule has 0 bridgehead atoms. The van der Waals surface area contributed by atoms with E-state index in [0.717, 1.165) is 4.47 Å². The molecule has 1 saturated carbocycles. The van der Waals surface area contributed by atoms with Gasteiger partial charge in [0.05, 0.1) is 7.11 Å². The van der Waals surface area contributed by atoms with Crippen molar-refractivity contribution in [3.8, 4) is 5.75 Å². The Hall–Kier alpha value is -1.76. The molecule has 0 radical (unpaired) electrons. The number of nitrogens with two attached hydrogens (primary N) is 1. The molecule has 4 N–H and O–H groups in total. The Bertz CT molecular complexity index is 583. The Labute approximate surface area is 131 Å². The third kappa shape index (κ3) is 2.97. The molecule has 1 aromatic carbocycles. The maximum absolute atomic E-state index is 12.5. The SMILES string of the molecule is COc1cc(Br)cc(NC(=O)C2(/C(N)=N/O)CC(C)C2)c1. The highest BCUT2D eigenvalue weighted by Crippen LogP contribution is 2.46. The van der Waals surface area contributed by atoms with Crippen LogP contribution >= 0.6 is 15.9 Å². The zero-order valence-electron chi connectivity index (χ0n) is 11.9. The summed E-state index contributed by atoms with van der Waals surface area (Å²) in [6.07, 6.45) is 1.14. The summed E-state index contributed by atoms with van der Waals surface area (Å²) in [7, 11) is 1.55. The predicted molar refractivity (Wildman–Crippen MR) is 83.6 cm³/mol. The first-order chi connectivity index (χ1) is 9.91. The van der Waals surface area contributed by atoms with Crippen LogP contribution in [0.5, 0.6) is 5.75 Å². The quantitative estimate of drug-likeness (QED) is 0.334. The second-order valence-electron chi connectivity index (χ2n) is 5.41. The van der Waals surface area contributed by atoms with Gasteiger partial charge in [0.2, 0.25) is 5.91 Å². The monoisotopic (exact) mass is 355 g/mol. The van der Waals surface area contributed by atoms with Crippen LogP contribution in [0.25, 0.3) is 0 Å². The zero-order valence-corrected chi connectivity index (χ0v) is 13.5. The van der Waals surface area contributed by atoms with Crippen molar-refractivity contribution in [2.45, 2.75) is 19.8 Å². The summed E-state index contributed by atoms with van der Waals surface area (Å²) in [4.78, 5) is 12.5. The van der Waals surface area contributed by atoms with Crippen molar-refractivity contribution in [1.82, 2.24) is 0 Å². The van der Waals surface area contributed by atoms with Crippen LogP contribution in [0.1, 0.15) is 19.8 Å².